The topological polar surface area (TPSA) is 157 Å². The second-order valence-electron chi connectivity index (χ2n) is 12.8. The molecule has 292 valence electrons. The van der Waals surface area contributed by atoms with Crippen LogP contribution in [0.2, 0.25) is 0 Å². The van der Waals surface area contributed by atoms with E-state index < -0.39 is 22.2 Å². The molecule has 0 aliphatic rings. The Morgan fingerprint density at radius 1 is 0.830 bits per heavy atom. The summed E-state index contributed by atoms with van der Waals surface area (Å²) in [7, 11) is 8.50. The molecule has 0 spiro atoms. The largest absolute Gasteiger partial charge is 0.493 e. The van der Waals surface area contributed by atoms with Crippen LogP contribution in [0.5, 0.6) is 34.5 Å². The second kappa shape index (κ2) is 17.6. The van der Waals surface area contributed by atoms with Crippen molar-refractivity contribution in [3.05, 3.63) is 59.0 Å². The minimum Gasteiger partial charge on any atom is -0.493 e. The van der Waals surface area contributed by atoms with Gasteiger partial charge in [-0.05, 0) is 37.5 Å². The number of hydrogen-bond acceptors (Lipinski definition) is 9. The number of carbonyl (C=O) groups is 1. The van der Waals surface area contributed by atoms with E-state index in [4.69, 9.17) is 33.6 Å². The Kier molecular flexibility index (Phi) is 14.1. The number of imidazole rings is 1. The van der Waals surface area contributed by atoms with Gasteiger partial charge in [-0.25, -0.2) is 18.0 Å². The van der Waals surface area contributed by atoms with Crippen LogP contribution in [0.4, 0.5) is 18.9 Å². The maximum absolute atomic E-state index is 13.6. The standard InChI is InChI=1S/C33H45N4O8S.C2HF3O2/c1-9-15-43-23-17-24(44-16-11-10-14-37(4,5)6)19-25(18-23)45-31-22-29-28(35(2)33(38)36(29)3)21-27(31)34-46(39,40)26-12-13-30(41-7)32(20-26)42-8;3-2(4,5)1(6)7/h12-13,17-22,34H,9-11,14-16H2,1-8H3;(H,6,7)/q+1;. The van der Waals surface area contributed by atoms with Crippen molar-refractivity contribution in [1.82, 2.24) is 9.13 Å². The molecular formula is C35H46F3N4O10S+. The van der Waals surface area contributed by atoms with E-state index in [1.165, 1.54) is 41.6 Å². The van der Waals surface area contributed by atoms with Gasteiger partial charge in [0, 0.05) is 44.4 Å². The summed E-state index contributed by atoms with van der Waals surface area (Å²) in [6.07, 6.45) is -2.38. The number of aryl methyl sites for hydroxylation is 2. The van der Waals surface area contributed by atoms with Gasteiger partial charge in [0.25, 0.3) is 10.0 Å². The molecule has 1 aromatic heterocycles. The van der Waals surface area contributed by atoms with E-state index in [1.54, 1.807) is 38.4 Å². The van der Waals surface area contributed by atoms with Crippen LogP contribution in [-0.4, -0.2) is 94.4 Å². The molecule has 1 heterocycles. The summed E-state index contributed by atoms with van der Waals surface area (Å²) in [4.78, 5) is 21.6. The average molecular weight is 772 g/mol. The lowest BCUT2D eigenvalue weighted by atomic mass is 10.2. The fourth-order valence-electron chi connectivity index (χ4n) is 4.87. The number of unbranched alkanes of at least 4 members (excludes halogenated alkanes) is 1. The predicted octanol–water partition coefficient (Wildman–Crippen LogP) is 5.77. The molecule has 0 unspecified atom stereocenters. The number of methoxy groups -OCH3 is 2. The normalized spacial score (nSPS) is 11.8. The fourth-order valence-corrected chi connectivity index (χ4v) is 5.95. The first-order valence-electron chi connectivity index (χ1n) is 16.3. The number of aliphatic carboxylic acids is 1. The SMILES string of the molecule is CCCOc1cc(OCCCC[N+](C)(C)C)cc(Oc2cc3c(cc2NS(=O)(=O)c2ccc(OC)c(OC)c2)n(C)c(=O)n3C)c1.O=C(O)C(F)(F)F. The number of carboxylic acid groups (broad SMARTS) is 1. The van der Waals surface area contributed by atoms with Gasteiger partial charge in [0.1, 0.15) is 17.2 Å². The maximum Gasteiger partial charge on any atom is 0.490 e. The Hall–Kier alpha value is -5.10. The number of benzene rings is 3. The van der Waals surface area contributed by atoms with Gasteiger partial charge >= 0.3 is 17.8 Å². The minimum absolute atomic E-state index is 0.0472. The maximum atomic E-state index is 13.6. The molecule has 53 heavy (non-hydrogen) atoms. The minimum atomic E-state index is -5.08. The number of hydrogen-bond donors (Lipinski definition) is 2. The number of alkyl halides is 3. The lowest BCUT2D eigenvalue weighted by molar-refractivity contribution is -0.870. The first kappa shape index (κ1) is 42.3. The van der Waals surface area contributed by atoms with Crippen molar-refractivity contribution < 1.29 is 59.7 Å². The lowest BCUT2D eigenvalue weighted by Gasteiger charge is -2.23. The number of anilines is 1. The molecule has 14 nitrogen and oxygen atoms in total. The molecule has 0 aliphatic heterocycles. The van der Waals surface area contributed by atoms with Crippen LogP contribution in [0.3, 0.4) is 0 Å². The highest BCUT2D eigenvalue weighted by Gasteiger charge is 2.38. The molecule has 0 saturated heterocycles. The number of ether oxygens (including phenoxy) is 5. The number of halogens is 3. The highest BCUT2D eigenvalue weighted by Crippen LogP contribution is 2.38. The third kappa shape index (κ3) is 11.7. The van der Waals surface area contributed by atoms with Crippen LogP contribution in [0, 0.1) is 0 Å². The number of aromatic nitrogens is 2. The van der Waals surface area contributed by atoms with Gasteiger partial charge in [-0.2, -0.15) is 13.2 Å². The van der Waals surface area contributed by atoms with Crippen LogP contribution in [0.15, 0.2) is 58.2 Å². The summed E-state index contributed by atoms with van der Waals surface area (Å²) < 4.78 is 94.4. The van der Waals surface area contributed by atoms with Crippen molar-refractivity contribution in [2.45, 2.75) is 37.3 Å². The van der Waals surface area contributed by atoms with Crippen LogP contribution < -0.4 is 34.1 Å². The smallest absolute Gasteiger partial charge is 0.490 e. The molecule has 4 aromatic rings. The van der Waals surface area contributed by atoms with E-state index in [0.717, 1.165) is 30.3 Å². The first-order chi connectivity index (χ1) is 24.7. The number of rotatable bonds is 16. The highest BCUT2D eigenvalue weighted by atomic mass is 32.2. The number of fused-ring (bicyclic) bond motifs is 1. The van der Waals surface area contributed by atoms with Gasteiger partial charge in [-0.15, -0.1) is 0 Å². The van der Waals surface area contributed by atoms with Crippen LogP contribution in [-0.2, 0) is 28.9 Å². The molecule has 0 radical (unpaired) electrons. The van der Waals surface area contributed by atoms with E-state index in [2.05, 4.69) is 25.9 Å². The number of quaternary nitrogens is 1. The number of nitrogens with one attached hydrogen (secondary N) is 1. The molecule has 0 fully saturated rings. The summed E-state index contributed by atoms with van der Waals surface area (Å²) in [6.45, 7) is 4.07. The second-order valence-corrected chi connectivity index (χ2v) is 14.5. The zero-order valence-electron chi connectivity index (χ0n) is 30.9. The predicted molar refractivity (Wildman–Crippen MR) is 192 cm³/mol. The molecule has 4 rings (SSSR count). The van der Waals surface area contributed by atoms with Crippen molar-refractivity contribution in [3.8, 4) is 34.5 Å². The quantitative estimate of drug-likeness (QED) is 0.106. The van der Waals surface area contributed by atoms with Gasteiger partial charge in [0.05, 0.1) is 76.7 Å². The third-order valence-corrected chi connectivity index (χ3v) is 8.93. The number of sulfonamides is 1. The Labute approximate surface area is 305 Å². The fraction of sp³-hybridized carbons (Fsp3) is 0.429. The summed E-state index contributed by atoms with van der Waals surface area (Å²) in [5, 5.41) is 7.12. The lowest BCUT2D eigenvalue weighted by Crippen LogP contribution is -2.35. The highest BCUT2D eigenvalue weighted by molar-refractivity contribution is 7.92. The molecule has 0 atom stereocenters. The molecular weight excluding hydrogens is 725 g/mol. The Morgan fingerprint density at radius 3 is 1.91 bits per heavy atom. The van der Waals surface area contributed by atoms with E-state index in [9.17, 15) is 26.4 Å². The van der Waals surface area contributed by atoms with E-state index >= 15 is 0 Å². The number of carboxylic acids is 1. The van der Waals surface area contributed by atoms with Gasteiger partial charge in [0.2, 0.25) is 0 Å². The Bertz CT molecular complexity index is 2060. The van der Waals surface area contributed by atoms with Gasteiger partial charge in [-0.1, -0.05) is 6.92 Å². The number of nitrogens with zero attached hydrogens (tertiary/aromatic N) is 3. The van der Waals surface area contributed by atoms with Gasteiger partial charge in [0.15, 0.2) is 17.2 Å². The zero-order chi connectivity index (χ0) is 39.7. The Balaban J connectivity index is 0.000000980. The molecule has 0 amide bonds. The monoisotopic (exact) mass is 771 g/mol. The zero-order valence-corrected chi connectivity index (χ0v) is 31.7. The van der Waals surface area contributed by atoms with E-state index in [-0.39, 0.29) is 27.8 Å². The average Bonchev–Trinajstić information content (AvgIpc) is 3.28. The van der Waals surface area contributed by atoms with Crippen LogP contribution in [0.1, 0.15) is 26.2 Å². The van der Waals surface area contributed by atoms with Crippen molar-refractivity contribution >= 4 is 32.7 Å². The third-order valence-electron chi connectivity index (χ3n) is 7.57. The van der Waals surface area contributed by atoms with Crippen molar-refractivity contribution in [2.24, 2.45) is 14.1 Å². The van der Waals surface area contributed by atoms with Crippen LogP contribution in [0.25, 0.3) is 11.0 Å². The summed E-state index contributed by atoms with van der Waals surface area (Å²) in [6, 6.07) is 12.8. The molecule has 0 aliphatic carbocycles. The van der Waals surface area contributed by atoms with E-state index in [1.807, 2.05) is 13.0 Å². The first-order valence-corrected chi connectivity index (χ1v) is 17.8. The molecule has 3 aromatic carbocycles. The molecule has 0 bridgehead atoms. The van der Waals surface area contributed by atoms with Gasteiger partial charge in [-0.3, -0.25) is 13.9 Å². The van der Waals surface area contributed by atoms with Crippen molar-refractivity contribution in [3.63, 3.8) is 0 Å². The van der Waals surface area contributed by atoms with Crippen LogP contribution >= 0.6 is 0 Å². The van der Waals surface area contributed by atoms with Crippen molar-refractivity contribution in [1.29, 1.82) is 0 Å². The molecule has 0 saturated carbocycles. The van der Waals surface area contributed by atoms with E-state index in [0.29, 0.717) is 47.2 Å². The Morgan fingerprint density at radius 2 is 1.38 bits per heavy atom. The molecule has 18 heteroatoms. The summed E-state index contributed by atoms with van der Waals surface area (Å²) in [5.74, 6) is -0.427. The molecule has 2 N–H and O–H groups in total. The summed E-state index contributed by atoms with van der Waals surface area (Å²) >= 11 is 0. The van der Waals surface area contributed by atoms with Crippen molar-refractivity contribution in [2.75, 3.05) is 59.8 Å². The summed E-state index contributed by atoms with van der Waals surface area (Å²) in [5.41, 5.74) is 0.939. The van der Waals surface area contributed by atoms with Gasteiger partial charge < -0.3 is 33.3 Å².